The van der Waals surface area contributed by atoms with E-state index in [1.165, 1.54) is 6.07 Å². The highest BCUT2D eigenvalue weighted by Crippen LogP contribution is 2.30. The number of benzene rings is 1. The molecule has 0 aliphatic heterocycles. The van der Waals surface area contributed by atoms with Gasteiger partial charge in [0, 0.05) is 18.0 Å². The van der Waals surface area contributed by atoms with Crippen LogP contribution in [0.4, 0.5) is 8.78 Å². The van der Waals surface area contributed by atoms with Crippen molar-refractivity contribution in [3.05, 3.63) is 34.1 Å². The van der Waals surface area contributed by atoms with Gasteiger partial charge in [-0.1, -0.05) is 18.5 Å². The van der Waals surface area contributed by atoms with Crippen molar-refractivity contribution >= 4 is 15.9 Å². The Morgan fingerprint density at radius 2 is 2.14 bits per heavy atom. The van der Waals surface area contributed by atoms with Crippen LogP contribution in [0.5, 0.6) is 0 Å². The smallest absolute Gasteiger partial charge is 0.228 e. The van der Waals surface area contributed by atoms with Gasteiger partial charge in [0.15, 0.2) is 11.6 Å². The van der Waals surface area contributed by atoms with Crippen LogP contribution in [0.25, 0.3) is 11.4 Å². The second-order valence-corrected chi connectivity index (χ2v) is 5.51. The highest BCUT2D eigenvalue weighted by atomic mass is 79.9. The molecule has 0 radical (unpaired) electrons. The van der Waals surface area contributed by atoms with E-state index >= 15 is 0 Å². The second-order valence-electron chi connectivity index (χ2n) is 4.71. The summed E-state index contributed by atoms with van der Waals surface area (Å²) in [7, 11) is 1.88. The molecule has 2 aromatic rings. The molecule has 0 fully saturated rings. The van der Waals surface area contributed by atoms with Gasteiger partial charge in [-0.2, -0.15) is 4.98 Å². The van der Waals surface area contributed by atoms with Gasteiger partial charge in [-0.3, -0.25) is 0 Å². The van der Waals surface area contributed by atoms with Crippen molar-refractivity contribution < 1.29 is 13.3 Å². The molecule has 7 heteroatoms. The molecule has 1 aromatic carbocycles. The summed E-state index contributed by atoms with van der Waals surface area (Å²) in [4.78, 5) is 4.25. The molecule has 0 aliphatic carbocycles. The first-order valence-electron chi connectivity index (χ1n) is 6.70. The van der Waals surface area contributed by atoms with Crippen LogP contribution in [-0.4, -0.2) is 23.2 Å². The van der Waals surface area contributed by atoms with Crippen molar-refractivity contribution in [3.8, 4) is 11.4 Å². The maximum absolute atomic E-state index is 13.5. The third-order valence-electron chi connectivity index (χ3n) is 3.21. The molecular formula is C14H16BrF2N3O. The van der Waals surface area contributed by atoms with Crippen LogP contribution in [0.3, 0.4) is 0 Å². The molecule has 0 saturated carbocycles. The summed E-state index contributed by atoms with van der Waals surface area (Å²) >= 11 is 3.02. The van der Waals surface area contributed by atoms with Gasteiger partial charge in [0.2, 0.25) is 11.7 Å². The third kappa shape index (κ3) is 3.65. The zero-order chi connectivity index (χ0) is 15.4. The average Bonchev–Trinajstić information content (AvgIpc) is 2.92. The average molecular weight is 360 g/mol. The lowest BCUT2D eigenvalue weighted by Crippen LogP contribution is -2.27. The molecule has 0 bridgehead atoms. The fraction of sp³-hybridized carbons (Fsp3) is 0.429. The van der Waals surface area contributed by atoms with E-state index in [1.807, 2.05) is 7.05 Å². The Morgan fingerprint density at radius 1 is 1.38 bits per heavy atom. The summed E-state index contributed by atoms with van der Waals surface area (Å²) in [5, 5.41) is 7.01. The third-order valence-corrected chi connectivity index (χ3v) is 3.99. The molecule has 2 rings (SSSR count). The molecule has 0 saturated heterocycles. The molecule has 0 amide bonds. The maximum atomic E-state index is 13.5. The van der Waals surface area contributed by atoms with E-state index in [0.717, 1.165) is 18.9 Å². The molecule has 1 unspecified atom stereocenters. The Labute approximate surface area is 130 Å². The lowest BCUT2D eigenvalue weighted by molar-refractivity contribution is 0.356. The van der Waals surface area contributed by atoms with E-state index in [4.69, 9.17) is 4.52 Å². The predicted molar refractivity (Wildman–Crippen MR) is 78.8 cm³/mol. The van der Waals surface area contributed by atoms with E-state index in [-0.39, 0.29) is 16.3 Å². The van der Waals surface area contributed by atoms with Crippen LogP contribution in [-0.2, 0) is 6.42 Å². The number of hydrogen-bond donors (Lipinski definition) is 1. The van der Waals surface area contributed by atoms with Gasteiger partial charge in [0.1, 0.15) is 0 Å². The minimum atomic E-state index is -0.960. The minimum absolute atomic E-state index is 0.00595. The molecular weight excluding hydrogens is 344 g/mol. The molecule has 4 nitrogen and oxygen atoms in total. The first kappa shape index (κ1) is 16.0. The fourth-order valence-corrected chi connectivity index (χ4v) is 2.55. The summed E-state index contributed by atoms with van der Waals surface area (Å²) in [5.74, 6) is -1.18. The van der Waals surface area contributed by atoms with Crippen molar-refractivity contribution in [2.75, 3.05) is 7.05 Å². The Balaban J connectivity index is 2.22. The Bertz CT molecular complexity index is 618. The maximum Gasteiger partial charge on any atom is 0.228 e. The predicted octanol–water partition coefficient (Wildman–Crippen LogP) is 3.71. The molecule has 1 N–H and O–H groups in total. The van der Waals surface area contributed by atoms with E-state index in [0.29, 0.717) is 17.9 Å². The zero-order valence-corrected chi connectivity index (χ0v) is 13.4. The number of halogens is 3. The van der Waals surface area contributed by atoms with E-state index in [9.17, 15) is 8.78 Å². The number of nitrogens with one attached hydrogen (secondary N) is 1. The van der Waals surface area contributed by atoms with Gasteiger partial charge < -0.3 is 9.84 Å². The number of hydrogen-bond acceptors (Lipinski definition) is 4. The van der Waals surface area contributed by atoms with Gasteiger partial charge in [-0.25, -0.2) is 8.78 Å². The molecule has 21 heavy (non-hydrogen) atoms. The summed E-state index contributed by atoms with van der Waals surface area (Å²) in [6.45, 7) is 2.10. The monoisotopic (exact) mass is 359 g/mol. The van der Waals surface area contributed by atoms with E-state index in [2.05, 4.69) is 38.3 Å². The Hall–Kier alpha value is -1.34. The summed E-state index contributed by atoms with van der Waals surface area (Å²) in [6.07, 6.45) is 2.63. The quantitative estimate of drug-likeness (QED) is 0.798. The van der Waals surface area contributed by atoms with Crippen LogP contribution in [0.2, 0.25) is 0 Å². The van der Waals surface area contributed by atoms with Gasteiger partial charge in [0.25, 0.3) is 0 Å². The number of likely N-dealkylation sites (N-methyl/N-ethyl adjacent to an activating group) is 1. The van der Waals surface area contributed by atoms with Gasteiger partial charge >= 0.3 is 0 Å². The highest BCUT2D eigenvalue weighted by Gasteiger charge is 2.18. The minimum Gasteiger partial charge on any atom is -0.339 e. The molecule has 114 valence electrons. The largest absolute Gasteiger partial charge is 0.339 e. The Morgan fingerprint density at radius 3 is 2.81 bits per heavy atom. The standard InChI is InChI=1S/C14H16BrF2N3O/c1-3-4-8(18-2)7-11-19-14(20-21-11)9-5-6-10(16)13(17)12(9)15/h5-6,8,18H,3-4,7H2,1-2H3. The van der Waals surface area contributed by atoms with Gasteiger partial charge in [-0.05, 0) is 41.5 Å². The lowest BCUT2D eigenvalue weighted by Gasteiger charge is -2.11. The van der Waals surface area contributed by atoms with Gasteiger partial charge in [-0.15, -0.1) is 0 Å². The highest BCUT2D eigenvalue weighted by molar-refractivity contribution is 9.10. The second kappa shape index (κ2) is 7.09. The van der Waals surface area contributed by atoms with Crippen molar-refractivity contribution in [2.45, 2.75) is 32.2 Å². The van der Waals surface area contributed by atoms with E-state index < -0.39 is 11.6 Å². The molecule has 0 aliphatic rings. The van der Waals surface area contributed by atoms with Crippen molar-refractivity contribution in [1.29, 1.82) is 0 Å². The van der Waals surface area contributed by atoms with Gasteiger partial charge in [0.05, 0.1) is 4.47 Å². The summed E-state index contributed by atoms with van der Waals surface area (Å²) in [6, 6.07) is 2.70. The number of aromatic nitrogens is 2. The SMILES string of the molecule is CCCC(Cc1nc(-c2ccc(F)c(F)c2Br)no1)NC. The van der Waals surface area contributed by atoms with Crippen molar-refractivity contribution in [1.82, 2.24) is 15.5 Å². The van der Waals surface area contributed by atoms with Crippen molar-refractivity contribution in [2.24, 2.45) is 0 Å². The molecule has 1 atom stereocenters. The van der Waals surface area contributed by atoms with Crippen molar-refractivity contribution in [3.63, 3.8) is 0 Å². The number of rotatable bonds is 6. The summed E-state index contributed by atoms with van der Waals surface area (Å²) < 4.78 is 31.8. The first-order valence-corrected chi connectivity index (χ1v) is 7.49. The first-order chi connectivity index (χ1) is 10.1. The zero-order valence-electron chi connectivity index (χ0n) is 11.8. The molecule has 1 aromatic heterocycles. The van der Waals surface area contributed by atoms with Crippen LogP contribution >= 0.6 is 15.9 Å². The normalized spacial score (nSPS) is 12.6. The van der Waals surface area contributed by atoms with Crippen LogP contribution in [0.1, 0.15) is 25.7 Å². The van der Waals surface area contributed by atoms with Crippen LogP contribution < -0.4 is 5.32 Å². The molecule has 1 heterocycles. The Kier molecular flexibility index (Phi) is 5.41. The summed E-state index contributed by atoms with van der Waals surface area (Å²) in [5.41, 5.74) is 0.361. The fourth-order valence-electron chi connectivity index (χ4n) is 2.05. The van der Waals surface area contributed by atoms with Crippen LogP contribution in [0.15, 0.2) is 21.1 Å². The topological polar surface area (TPSA) is 51.0 Å². The lowest BCUT2D eigenvalue weighted by atomic mass is 10.1. The number of nitrogens with zero attached hydrogens (tertiary/aromatic N) is 2. The molecule has 0 spiro atoms. The van der Waals surface area contributed by atoms with E-state index in [1.54, 1.807) is 0 Å². The van der Waals surface area contributed by atoms with Crippen LogP contribution in [0, 0.1) is 11.6 Å².